The van der Waals surface area contributed by atoms with E-state index in [1.54, 1.807) is 17.8 Å². The molecule has 1 aromatic carbocycles. The molecule has 1 spiro atoms. The highest BCUT2D eigenvalue weighted by Crippen LogP contribution is 2.44. The number of carboxylic acid groups (broad SMARTS) is 1. The molecule has 0 saturated carbocycles. The number of carbonyl (C=O) groups is 2. The molecule has 148 valence electrons. The van der Waals surface area contributed by atoms with Gasteiger partial charge in [-0.1, -0.05) is 12.1 Å². The molecular weight excluding hydrogens is 356 g/mol. The topological polar surface area (TPSA) is 78.7 Å². The van der Waals surface area contributed by atoms with Gasteiger partial charge in [0, 0.05) is 45.5 Å². The number of aromatic nitrogens is 2. The van der Waals surface area contributed by atoms with Gasteiger partial charge in [-0.2, -0.15) is 5.10 Å². The SMILES string of the molecule is CC(=O)N1CCC2(CC1)C[C@H](C(=O)O)N(Cc1cccc(-n3cccn3)c1)C2. The monoisotopic (exact) mass is 382 g/mol. The molecule has 2 fully saturated rings. The van der Waals surface area contributed by atoms with Crippen LogP contribution in [-0.4, -0.2) is 62.2 Å². The average Bonchev–Trinajstić information content (AvgIpc) is 3.31. The third-order valence-corrected chi connectivity index (χ3v) is 6.23. The van der Waals surface area contributed by atoms with Crippen LogP contribution < -0.4 is 0 Å². The van der Waals surface area contributed by atoms with Crippen molar-refractivity contribution in [1.82, 2.24) is 19.6 Å². The van der Waals surface area contributed by atoms with E-state index in [4.69, 9.17) is 0 Å². The molecule has 1 N–H and O–H groups in total. The Hall–Kier alpha value is -2.67. The molecule has 4 rings (SSSR count). The van der Waals surface area contributed by atoms with E-state index in [0.29, 0.717) is 13.0 Å². The lowest BCUT2D eigenvalue weighted by Crippen LogP contribution is -2.43. The van der Waals surface area contributed by atoms with Crippen molar-refractivity contribution in [3.05, 3.63) is 48.3 Å². The molecule has 3 heterocycles. The summed E-state index contributed by atoms with van der Waals surface area (Å²) in [5, 5.41) is 14.1. The van der Waals surface area contributed by atoms with Gasteiger partial charge in [-0.15, -0.1) is 0 Å². The lowest BCUT2D eigenvalue weighted by Gasteiger charge is -2.39. The number of rotatable bonds is 4. The van der Waals surface area contributed by atoms with Crippen LogP contribution in [0.2, 0.25) is 0 Å². The van der Waals surface area contributed by atoms with Gasteiger partial charge in [0.1, 0.15) is 6.04 Å². The van der Waals surface area contributed by atoms with Crippen molar-refractivity contribution in [2.45, 2.75) is 38.8 Å². The second-order valence-electron chi connectivity index (χ2n) is 8.09. The van der Waals surface area contributed by atoms with Gasteiger partial charge < -0.3 is 10.0 Å². The normalized spacial score (nSPS) is 21.9. The van der Waals surface area contributed by atoms with Crippen LogP contribution in [-0.2, 0) is 16.1 Å². The third-order valence-electron chi connectivity index (χ3n) is 6.23. The molecule has 0 aliphatic carbocycles. The zero-order valence-corrected chi connectivity index (χ0v) is 16.1. The van der Waals surface area contributed by atoms with Crippen LogP contribution in [0, 0.1) is 5.41 Å². The van der Waals surface area contributed by atoms with Gasteiger partial charge in [-0.05, 0) is 48.4 Å². The Labute approximate surface area is 164 Å². The van der Waals surface area contributed by atoms with Crippen LogP contribution in [0.4, 0.5) is 0 Å². The van der Waals surface area contributed by atoms with E-state index < -0.39 is 12.0 Å². The molecule has 0 radical (unpaired) electrons. The van der Waals surface area contributed by atoms with Crippen LogP contribution >= 0.6 is 0 Å². The zero-order valence-electron chi connectivity index (χ0n) is 16.1. The number of carboxylic acids is 1. The minimum absolute atomic E-state index is 0.00536. The van der Waals surface area contributed by atoms with E-state index in [9.17, 15) is 14.7 Å². The van der Waals surface area contributed by atoms with Crippen LogP contribution in [0.3, 0.4) is 0 Å². The number of likely N-dealkylation sites (tertiary alicyclic amines) is 2. The van der Waals surface area contributed by atoms with Crippen molar-refractivity contribution in [2.24, 2.45) is 5.41 Å². The molecule has 0 bridgehead atoms. The number of amides is 1. The Morgan fingerprint density at radius 1 is 1.25 bits per heavy atom. The van der Waals surface area contributed by atoms with Crippen molar-refractivity contribution >= 4 is 11.9 Å². The third kappa shape index (κ3) is 3.67. The highest BCUT2D eigenvalue weighted by molar-refractivity contribution is 5.74. The fourth-order valence-electron chi connectivity index (χ4n) is 4.67. The minimum Gasteiger partial charge on any atom is -0.480 e. The molecule has 7 nitrogen and oxygen atoms in total. The number of hydrogen-bond donors (Lipinski definition) is 1. The second-order valence-corrected chi connectivity index (χ2v) is 8.09. The summed E-state index contributed by atoms with van der Waals surface area (Å²) >= 11 is 0. The van der Waals surface area contributed by atoms with Crippen molar-refractivity contribution in [1.29, 1.82) is 0 Å². The number of hydrogen-bond acceptors (Lipinski definition) is 4. The number of piperidine rings is 1. The van der Waals surface area contributed by atoms with Crippen LogP contribution in [0.15, 0.2) is 42.7 Å². The van der Waals surface area contributed by atoms with E-state index >= 15 is 0 Å². The number of benzene rings is 1. The van der Waals surface area contributed by atoms with Gasteiger partial charge >= 0.3 is 5.97 Å². The summed E-state index contributed by atoms with van der Waals surface area (Å²) in [5.74, 6) is -0.649. The highest BCUT2D eigenvalue weighted by atomic mass is 16.4. The van der Waals surface area contributed by atoms with Crippen molar-refractivity contribution in [2.75, 3.05) is 19.6 Å². The average molecular weight is 382 g/mol. The van der Waals surface area contributed by atoms with Gasteiger partial charge in [0.2, 0.25) is 5.91 Å². The van der Waals surface area contributed by atoms with Gasteiger partial charge in [0.05, 0.1) is 5.69 Å². The molecule has 7 heteroatoms. The lowest BCUT2D eigenvalue weighted by molar-refractivity contribution is -0.142. The maximum Gasteiger partial charge on any atom is 0.320 e. The van der Waals surface area contributed by atoms with Crippen molar-refractivity contribution in [3.63, 3.8) is 0 Å². The summed E-state index contributed by atoms with van der Waals surface area (Å²) in [4.78, 5) is 27.5. The summed E-state index contributed by atoms with van der Waals surface area (Å²) in [6, 6.07) is 9.49. The summed E-state index contributed by atoms with van der Waals surface area (Å²) in [7, 11) is 0. The van der Waals surface area contributed by atoms with E-state index in [-0.39, 0.29) is 11.3 Å². The van der Waals surface area contributed by atoms with Crippen LogP contribution in [0.25, 0.3) is 5.69 Å². The predicted molar refractivity (Wildman–Crippen MR) is 104 cm³/mol. The van der Waals surface area contributed by atoms with Gasteiger partial charge in [0.25, 0.3) is 0 Å². The molecule has 1 aromatic heterocycles. The number of carbonyl (C=O) groups excluding carboxylic acids is 1. The fraction of sp³-hybridized carbons (Fsp3) is 0.476. The Morgan fingerprint density at radius 2 is 2.04 bits per heavy atom. The first kappa shape index (κ1) is 18.7. The smallest absolute Gasteiger partial charge is 0.320 e. The Morgan fingerprint density at radius 3 is 2.68 bits per heavy atom. The quantitative estimate of drug-likeness (QED) is 0.877. The molecule has 28 heavy (non-hydrogen) atoms. The summed E-state index contributed by atoms with van der Waals surface area (Å²) in [5.41, 5.74) is 2.05. The molecule has 2 aliphatic heterocycles. The first-order valence-corrected chi connectivity index (χ1v) is 9.77. The standard InChI is InChI=1S/C21H26N4O3/c1-16(26)23-10-6-21(7-11-23)13-19(20(27)28)24(15-21)14-17-4-2-5-18(12-17)25-9-3-8-22-25/h2-5,8-9,12,19H,6-7,10-11,13-15H2,1H3,(H,27,28)/t19-/m1/s1. The number of nitrogens with zero attached hydrogens (tertiary/aromatic N) is 4. The maximum absolute atomic E-state index is 11.9. The molecular formula is C21H26N4O3. The van der Waals surface area contributed by atoms with Gasteiger partial charge in [-0.25, -0.2) is 4.68 Å². The van der Waals surface area contributed by atoms with Crippen LogP contribution in [0.5, 0.6) is 0 Å². The van der Waals surface area contributed by atoms with E-state index in [1.807, 2.05) is 35.4 Å². The minimum atomic E-state index is -0.755. The van der Waals surface area contributed by atoms with Gasteiger partial charge in [-0.3, -0.25) is 14.5 Å². The lowest BCUT2D eigenvalue weighted by atomic mass is 9.76. The largest absolute Gasteiger partial charge is 0.480 e. The van der Waals surface area contributed by atoms with E-state index in [0.717, 1.165) is 43.7 Å². The molecule has 1 atom stereocenters. The molecule has 2 saturated heterocycles. The summed E-state index contributed by atoms with van der Waals surface area (Å²) in [6.45, 7) is 4.42. The first-order chi connectivity index (χ1) is 13.5. The van der Waals surface area contributed by atoms with E-state index in [2.05, 4.69) is 16.1 Å². The fourth-order valence-corrected chi connectivity index (χ4v) is 4.67. The molecule has 2 aliphatic rings. The first-order valence-electron chi connectivity index (χ1n) is 9.77. The number of aliphatic carboxylic acids is 1. The summed E-state index contributed by atoms with van der Waals surface area (Å²) < 4.78 is 1.81. The van der Waals surface area contributed by atoms with E-state index in [1.165, 1.54) is 0 Å². The Kier molecular flexibility index (Phi) is 4.93. The Balaban J connectivity index is 1.50. The van der Waals surface area contributed by atoms with Gasteiger partial charge in [0.15, 0.2) is 0 Å². The van der Waals surface area contributed by atoms with Crippen molar-refractivity contribution < 1.29 is 14.7 Å². The molecule has 2 aromatic rings. The summed E-state index contributed by atoms with van der Waals surface area (Å²) in [6.07, 6.45) is 6.05. The maximum atomic E-state index is 11.9. The highest BCUT2D eigenvalue weighted by Gasteiger charge is 2.48. The Bertz CT molecular complexity index is 856. The van der Waals surface area contributed by atoms with Crippen molar-refractivity contribution in [3.8, 4) is 5.69 Å². The van der Waals surface area contributed by atoms with Crippen LogP contribution in [0.1, 0.15) is 31.7 Å². The zero-order chi connectivity index (χ0) is 19.7. The predicted octanol–water partition coefficient (Wildman–Crippen LogP) is 2.16. The molecule has 0 unspecified atom stereocenters. The molecule has 1 amide bonds. The second kappa shape index (κ2) is 7.39.